The van der Waals surface area contributed by atoms with Crippen LogP contribution in [0.25, 0.3) is 0 Å². The third-order valence-electron chi connectivity index (χ3n) is 5.84. The van der Waals surface area contributed by atoms with Crippen molar-refractivity contribution < 1.29 is 13.5 Å². The van der Waals surface area contributed by atoms with E-state index >= 15 is 0 Å². The van der Waals surface area contributed by atoms with E-state index in [0.717, 1.165) is 31.9 Å². The van der Waals surface area contributed by atoms with Gasteiger partial charge in [-0.3, -0.25) is 4.68 Å². The summed E-state index contributed by atoms with van der Waals surface area (Å²) in [4.78, 5) is 4.04. The van der Waals surface area contributed by atoms with Crippen LogP contribution in [0.4, 0.5) is 8.78 Å². The van der Waals surface area contributed by atoms with Gasteiger partial charge < -0.3 is 4.74 Å². The number of benzene rings is 1. The molecule has 0 saturated heterocycles. The number of hydrogen-bond acceptors (Lipinski definition) is 3. The number of rotatable bonds is 6. The highest BCUT2D eigenvalue weighted by Gasteiger charge is 2.44. The topological polar surface area (TPSA) is 39.9 Å². The molecule has 3 atom stereocenters. The minimum atomic E-state index is -0.533. The van der Waals surface area contributed by atoms with E-state index in [1.54, 1.807) is 25.8 Å². The highest BCUT2D eigenvalue weighted by Crippen LogP contribution is 2.45. The molecule has 0 aliphatic heterocycles. The lowest BCUT2D eigenvalue weighted by Crippen LogP contribution is -2.47. The average Bonchev–Trinajstić information content (AvgIpc) is 3.08. The van der Waals surface area contributed by atoms with Crippen LogP contribution in [0.5, 0.6) is 0 Å². The highest BCUT2D eigenvalue weighted by molar-refractivity contribution is 5.18. The van der Waals surface area contributed by atoms with Gasteiger partial charge in [-0.2, -0.15) is 5.10 Å². The fourth-order valence-corrected chi connectivity index (χ4v) is 4.45. The molecule has 0 radical (unpaired) electrons. The molecule has 2 aromatic rings. The fourth-order valence-electron chi connectivity index (χ4n) is 4.45. The lowest BCUT2D eigenvalue weighted by Gasteiger charge is -2.47. The number of ether oxygens (including phenoxy) is 1. The molecular weight excluding hydrogens is 336 g/mol. The maximum Gasteiger partial charge on any atom is 0.137 e. The summed E-state index contributed by atoms with van der Waals surface area (Å²) in [6, 6.07) is 3.84. The Morgan fingerprint density at radius 2 is 2.12 bits per heavy atom. The molecule has 6 heteroatoms. The Morgan fingerprint density at radius 3 is 2.77 bits per heavy atom. The summed E-state index contributed by atoms with van der Waals surface area (Å²) < 4.78 is 34.9. The summed E-state index contributed by atoms with van der Waals surface area (Å²) in [5, 5.41) is 4.25. The first-order valence-corrected chi connectivity index (χ1v) is 9.20. The number of aromatic nitrogens is 3. The second-order valence-electron chi connectivity index (χ2n) is 8.00. The van der Waals surface area contributed by atoms with Crippen LogP contribution in [0.15, 0.2) is 30.9 Å². The predicted octanol–water partition coefficient (Wildman–Crippen LogP) is 4.26. The molecule has 1 aliphatic carbocycles. The van der Waals surface area contributed by atoms with Crippen LogP contribution in [-0.4, -0.2) is 28.0 Å². The predicted molar refractivity (Wildman–Crippen MR) is 95.5 cm³/mol. The van der Waals surface area contributed by atoms with E-state index in [2.05, 4.69) is 23.9 Å². The van der Waals surface area contributed by atoms with Gasteiger partial charge in [0.05, 0.1) is 6.10 Å². The average molecular weight is 363 g/mol. The Balaban J connectivity index is 1.76. The van der Waals surface area contributed by atoms with Crippen LogP contribution < -0.4 is 0 Å². The number of nitrogens with zero attached hydrogens (tertiary/aromatic N) is 3. The van der Waals surface area contributed by atoms with Crippen molar-refractivity contribution in [2.75, 3.05) is 7.11 Å². The molecule has 0 amide bonds. The quantitative estimate of drug-likeness (QED) is 0.770. The molecule has 1 aromatic heterocycles. The zero-order valence-electron chi connectivity index (χ0n) is 15.7. The molecule has 3 rings (SSSR count). The van der Waals surface area contributed by atoms with Crippen molar-refractivity contribution >= 4 is 0 Å². The smallest absolute Gasteiger partial charge is 0.137 e. The summed E-state index contributed by atoms with van der Waals surface area (Å²) >= 11 is 0. The van der Waals surface area contributed by atoms with Crippen molar-refractivity contribution in [1.82, 2.24) is 14.8 Å². The highest BCUT2D eigenvalue weighted by atomic mass is 19.1. The summed E-state index contributed by atoms with van der Waals surface area (Å²) in [6.45, 7) is 5.22. The molecule has 4 nitrogen and oxygen atoms in total. The van der Waals surface area contributed by atoms with Crippen molar-refractivity contribution in [2.24, 2.45) is 17.3 Å². The van der Waals surface area contributed by atoms with Gasteiger partial charge in [0.2, 0.25) is 0 Å². The minimum Gasteiger partial charge on any atom is -0.381 e. The van der Waals surface area contributed by atoms with Gasteiger partial charge in [-0.05, 0) is 48.6 Å². The lowest BCUT2D eigenvalue weighted by atomic mass is 9.63. The van der Waals surface area contributed by atoms with Crippen molar-refractivity contribution in [2.45, 2.75) is 52.2 Å². The van der Waals surface area contributed by atoms with Gasteiger partial charge >= 0.3 is 0 Å². The second-order valence-corrected chi connectivity index (χ2v) is 8.00. The number of hydrogen-bond donors (Lipinski definition) is 0. The Hall–Kier alpha value is -1.82. The second kappa shape index (κ2) is 7.82. The van der Waals surface area contributed by atoms with Gasteiger partial charge in [0.1, 0.15) is 24.3 Å². The molecule has 1 fully saturated rings. The van der Waals surface area contributed by atoms with E-state index in [1.807, 2.05) is 4.68 Å². The summed E-state index contributed by atoms with van der Waals surface area (Å²) in [6.07, 6.45) is 6.94. The normalized spacial score (nSPS) is 25.3. The molecule has 26 heavy (non-hydrogen) atoms. The monoisotopic (exact) mass is 363 g/mol. The first kappa shape index (κ1) is 19.0. The first-order chi connectivity index (χ1) is 12.4. The van der Waals surface area contributed by atoms with Gasteiger partial charge in [-0.25, -0.2) is 13.8 Å². The minimum absolute atomic E-state index is 0.0810. The molecule has 1 heterocycles. The van der Waals surface area contributed by atoms with E-state index in [-0.39, 0.29) is 17.4 Å². The van der Waals surface area contributed by atoms with Crippen LogP contribution >= 0.6 is 0 Å². The van der Waals surface area contributed by atoms with E-state index in [4.69, 9.17) is 4.74 Å². The summed E-state index contributed by atoms with van der Waals surface area (Å²) in [7, 11) is 1.77. The Morgan fingerprint density at radius 1 is 1.31 bits per heavy atom. The zero-order valence-corrected chi connectivity index (χ0v) is 15.7. The van der Waals surface area contributed by atoms with Crippen LogP contribution in [0, 0.1) is 28.9 Å². The van der Waals surface area contributed by atoms with Crippen LogP contribution in [-0.2, 0) is 17.7 Å². The number of aryl methyl sites for hydroxylation is 1. The standard InChI is InChI=1S/C20H27F2N3O/c1-20(2)9-8-14(4-5-15-6-7-16(21)10-18(15)22)17(19(20)26-3)11-25-13-23-12-24-25/h6-7,10,12-14,17,19H,4-5,8-9,11H2,1-3H3/t14-,17-,19+/m0/s1. The lowest BCUT2D eigenvalue weighted by molar-refractivity contribution is -0.0926. The Bertz CT molecular complexity index is 718. The molecule has 0 unspecified atom stereocenters. The van der Waals surface area contributed by atoms with E-state index < -0.39 is 11.6 Å². The third-order valence-corrected chi connectivity index (χ3v) is 5.84. The van der Waals surface area contributed by atoms with Crippen molar-refractivity contribution in [3.63, 3.8) is 0 Å². The van der Waals surface area contributed by atoms with Gasteiger partial charge in [0, 0.05) is 25.6 Å². The molecule has 1 aromatic carbocycles. The van der Waals surface area contributed by atoms with Gasteiger partial charge in [-0.15, -0.1) is 0 Å². The maximum absolute atomic E-state index is 14.0. The van der Waals surface area contributed by atoms with Crippen molar-refractivity contribution in [3.8, 4) is 0 Å². The fraction of sp³-hybridized carbons (Fsp3) is 0.600. The number of halogens is 2. The Kier molecular flexibility index (Phi) is 5.70. The van der Waals surface area contributed by atoms with E-state index in [9.17, 15) is 8.78 Å². The van der Waals surface area contributed by atoms with Crippen LogP contribution in [0.3, 0.4) is 0 Å². The van der Waals surface area contributed by atoms with Gasteiger partial charge in [-0.1, -0.05) is 19.9 Å². The summed E-state index contributed by atoms with van der Waals surface area (Å²) in [5.41, 5.74) is 0.655. The van der Waals surface area contributed by atoms with Gasteiger partial charge in [0.15, 0.2) is 0 Å². The first-order valence-electron chi connectivity index (χ1n) is 9.20. The zero-order chi connectivity index (χ0) is 18.7. The van der Waals surface area contributed by atoms with E-state index in [1.165, 1.54) is 6.07 Å². The molecule has 0 bridgehead atoms. The molecule has 0 N–H and O–H groups in total. The maximum atomic E-state index is 14.0. The molecule has 142 valence electrons. The summed E-state index contributed by atoms with van der Waals surface area (Å²) in [5.74, 6) is -0.331. The van der Waals surface area contributed by atoms with Crippen molar-refractivity contribution in [1.29, 1.82) is 0 Å². The molecular formula is C20H27F2N3O. The third kappa shape index (κ3) is 4.11. The number of methoxy groups -OCH3 is 1. The molecule has 0 spiro atoms. The SMILES string of the molecule is CO[C@@H]1[C@@H](Cn2cncn2)[C@@H](CCc2ccc(F)cc2F)CCC1(C)C. The molecule has 1 saturated carbocycles. The van der Waals surface area contributed by atoms with Crippen LogP contribution in [0.1, 0.15) is 38.7 Å². The largest absolute Gasteiger partial charge is 0.381 e. The van der Waals surface area contributed by atoms with Gasteiger partial charge in [0.25, 0.3) is 0 Å². The molecule has 1 aliphatic rings. The van der Waals surface area contributed by atoms with Crippen molar-refractivity contribution in [3.05, 3.63) is 48.1 Å². The van der Waals surface area contributed by atoms with Crippen LogP contribution in [0.2, 0.25) is 0 Å². The Labute approximate surface area is 153 Å². The van der Waals surface area contributed by atoms with E-state index in [0.29, 0.717) is 17.9 Å².